The summed E-state index contributed by atoms with van der Waals surface area (Å²) in [7, 11) is 0. The molecule has 0 unspecified atom stereocenters. The molecule has 0 aliphatic heterocycles. The highest BCUT2D eigenvalue weighted by Gasteiger charge is 2.16. The minimum atomic E-state index is -0.606. The Bertz CT molecular complexity index is 760. The minimum absolute atomic E-state index is 0.122. The van der Waals surface area contributed by atoms with Gasteiger partial charge in [0.1, 0.15) is 11.3 Å². The van der Waals surface area contributed by atoms with E-state index in [2.05, 4.69) is 0 Å². The van der Waals surface area contributed by atoms with Crippen LogP contribution in [-0.2, 0) is 0 Å². The maximum Gasteiger partial charge on any atom is 0.379 e. The number of carbonyl (C=O) groups is 1. The SMILES string of the molecule is O=C(Oc1ccc(Cl)cc1Cl)c1cc2ccccc2o1. The maximum atomic E-state index is 12.0. The Kier molecular flexibility index (Phi) is 3.38. The third kappa shape index (κ3) is 2.50. The molecule has 5 heteroatoms. The van der Waals surface area contributed by atoms with E-state index in [1.807, 2.05) is 18.2 Å². The second-order valence-corrected chi connectivity index (χ2v) is 4.96. The molecule has 0 atom stereocenters. The van der Waals surface area contributed by atoms with Crippen molar-refractivity contribution in [3.8, 4) is 5.75 Å². The van der Waals surface area contributed by atoms with Gasteiger partial charge in [0.25, 0.3) is 0 Å². The summed E-state index contributed by atoms with van der Waals surface area (Å²) in [6, 6.07) is 13.6. The van der Waals surface area contributed by atoms with Crippen molar-refractivity contribution < 1.29 is 13.9 Å². The Morgan fingerprint density at radius 1 is 1.05 bits per heavy atom. The van der Waals surface area contributed by atoms with Crippen LogP contribution in [0.3, 0.4) is 0 Å². The van der Waals surface area contributed by atoms with Crippen LogP contribution in [0.4, 0.5) is 0 Å². The van der Waals surface area contributed by atoms with E-state index in [1.54, 1.807) is 18.2 Å². The third-order valence-electron chi connectivity index (χ3n) is 2.72. The summed E-state index contributed by atoms with van der Waals surface area (Å²) in [5.41, 5.74) is 0.627. The van der Waals surface area contributed by atoms with Crippen LogP contribution in [0.15, 0.2) is 52.9 Å². The molecule has 0 saturated carbocycles. The van der Waals surface area contributed by atoms with Gasteiger partial charge in [0.2, 0.25) is 5.76 Å². The second-order valence-electron chi connectivity index (χ2n) is 4.11. The summed E-state index contributed by atoms with van der Waals surface area (Å²) >= 11 is 11.7. The molecule has 0 spiro atoms. The van der Waals surface area contributed by atoms with Crippen LogP contribution in [0.1, 0.15) is 10.6 Å². The topological polar surface area (TPSA) is 39.4 Å². The number of esters is 1. The van der Waals surface area contributed by atoms with Crippen molar-refractivity contribution in [1.29, 1.82) is 0 Å². The first kappa shape index (κ1) is 13.0. The van der Waals surface area contributed by atoms with Gasteiger partial charge < -0.3 is 9.15 Å². The number of ether oxygens (including phenoxy) is 1. The van der Waals surface area contributed by atoms with Gasteiger partial charge in [-0.3, -0.25) is 0 Å². The summed E-state index contributed by atoms with van der Waals surface area (Å²) in [6.07, 6.45) is 0. The quantitative estimate of drug-likeness (QED) is 0.496. The molecule has 0 N–H and O–H groups in total. The Balaban J connectivity index is 1.89. The molecule has 3 rings (SSSR count). The van der Waals surface area contributed by atoms with Gasteiger partial charge in [-0.1, -0.05) is 41.4 Å². The Hall–Kier alpha value is -1.97. The summed E-state index contributed by atoms with van der Waals surface area (Å²) < 4.78 is 10.6. The Morgan fingerprint density at radius 3 is 2.60 bits per heavy atom. The molecule has 20 heavy (non-hydrogen) atoms. The van der Waals surface area contributed by atoms with Crippen LogP contribution in [0.2, 0.25) is 10.0 Å². The summed E-state index contributed by atoms with van der Waals surface area (Å²) in [5, 5.41) is 1.57. The standard InChI is InChI=1S/C15H8Cl2O3/c16-10-5-6-13(11(17)8-10)20-15(18)14-7-9-3-1-2-4-12(9)19-14/h1-8H. The average molecular weight is 307 g/mol. The van der Waals surface area contributed by atoms with Gasteiger partial charge in [0.15, 0.2) is 0 Å². The molecule has 0 amide bonds. The molecule has 1 aromatic heterocycles. The predicted octanol–water partition coefficient (Wildman–Crippen LogP) is 4.96. The summed E-state index contributed by atoms with van der Waals surface area (Å²) in [5.74, 6) is -0.246. The van der Waals surface area contributed by atoms with Crippen molar-refractivity contribution in [2.45, 2.75) is 0 Å². The van der Waals surface area contributed by atoms with E-state index in [1.165, 1.54) is 12.1 Å². The van der Waals surface area contributed by atoms with Crippen LogP contribution in [0.25, 0.3) is 11.0 Å². The second kappa shape index (κ2) is 5.19. The van der Waals surface area contributed by atoms with Crippen LogP contribution in [0, 0.1) is 0 Å². The van der Waals surface area contributed by atoms with Gasteiger partial charge in [0, 0.05) is 10.4 Å². The van der Waals surface area contributed by atoms with Gasteiger partial charge in [-0.2, -0.15) is 0 Å². The summed E-state index contributed by atoms with van der Waals surface area (Å²) in [6.45, 7) is 0. The average Bonchev–Trinajstić information content (AvgIpc) is 2.86. The fourth-order valence-electron chi connectivity index (χ4n) is 1.79. The number of hydrogen-bond acceptors (Lipinski definition) is 3. The smallest absolute Gasteiger partial charge is 0.379 e. The minimum Gasteiger partial charge on any atom is -0.449 e. The zero-order chi connectivity index (χ0) is 14.1. The molecule has 0 aliphatic carbocycles. The number of fused-ring (bicyclic) bond motifs is 1. The number of hydrogen-bond donors (Lipinski definition) is 0. The summed E-state index contributed by atoms with van der Waals surface area (Å²) in [4.78, 5) is 12.0. The molecule has 0 bridgehead atoms. The lowest BCUT2D eigenvalue weighted by atomic mass is 10.2. The van der Waals surface area contributed by atoms with Crippen molar-refractivity contribution >= 4 is 40.1 Å². The highest BCUT2D eigenvalue weighted by molar-refractivity contribution is 6.35. The highest BCUT2D eigenvalue weighted by atomic mass is 35.5. The highest BCUT2D eigenvalue weighted by Crippen LogP contribution is 2.28. The Labute approximate surface area is 124 Å². The van der Waals surface area contributed by atoms with E-state index in [4.69, 9.17) is 32.4 Å². The van der Waals surface area contributed by atoms with E-state index in [0.29, 0.717) is 10.6 Å². The third-order valence-corrected chi connectivity index (χ3v) is 3.25. The van der Waals surface area contributed by atoms with Crippen LogP contribution in [0.5, 0.6) is 5.75 Å². The van der Waals surface area contributed by atoms with E-state index in [9.17, 15) is 4.79 Å². The van der Waals surface area contributed by atoms with Gasteiger partial charge >= 0.3 is 5.97 Å². The monoisotopic (exact) mass is 306 g/mol. The van der Waals surface area contributed by atoms with Gasteiger partial charge in [0.05, 0.1) is 5.02 Å². The van der Waals surface area contributed by atoms with Crippen molar-refractivity contribution in [2.24, 2.45) is 0 Å². The largest absolute Gasteiger partial charge is 0.449 e. The first-order valence-electron chi connectivity index (χ1n) is 5.79. The molecule has 0 aliphatic rings. The predicted molar refractivity (Wildman–Crippen MR) is 77.6 cm³/mol. The zero-order valence-electron chi connectivity index (χ0n) is 10.1. The number of halogens is 2. The number of para-hydroxylation sites is 1. The van der Waals surface area contributed by atoms with Crippen molar-refractivity contribution in [3.05, 3.63) is 64.3 Å². The zero-order valence-corrected chi connectivity index (χ0v) is 11.6. The van der Waals surface area contributed by atoms with Gasteiger partial charge in [-0.25, -0.2) is 4.79 Å². The molecule has 100 valence electrons. The van der Waals surface area contributed by atoms with Crippen molar-refractivity contribution in [2.75, 3.05) is 0 Å². The Morgan fingerprint density at radius 2 is 1.85 bits per heavy atom. The molecule has 0 saturated heterocycles. The van der Waals surface area contributed by atoms with E-state index >= 15 is 0 Å². The van der Waals surface area contributed by atoms with Crippen LogP contribution >= 0.6 is 23.2 Å². The van der Waals surface area contributed by atoms with Crippen LogP contribution in [-0.4, -0.2) is 5.97 Å². The fraction of sp³-hybridized carbons (Fsp3) is 0. The number of benzene rings is 2. The number of carbonyl (C=O) groups excluding carboxylic acids is 1. The van der Waals surface area contributed by atoms with Crippen molar-refractivity contribution in [1.82, 2.24) is 0 Å². The molecule has 3 nitrogen and oxygen atoms in total. The molecular weight excluding hydrogens is 299 g/mol. The molecular formula is C15H8Cl2O3. The van der Waals surface area contributed by atoms with E-state index in [-0.39, 0.29) is 16.5 Å². The number of rotatable bonds is 2. The lowest BCUT2D eigenvalue weighted by Crippen LogP contribution is -2.07. The molecule has 3 aromatic rings. The lowest BCUT2D eigenvalue weighted by molar-refractivity contribution is 0.0704. The molecule has 0 radical (unpaired) electrons. The molecule has 2 aromatic carbocycles. The van der Waals surface area contributed by atoms with Crippen molar-refractivity contribution in [3.63, 3.8) is 0 Å². The normalized spacial score (nSPS) is 10.7. The molecule has 1 heterocycles. The first-order valence-corrected chi connectivity index (χ1v) is 6.55. The van der Waals surface area contributed by atoms with Gasteiger partial charge in [-0.05, 0) is 30.3 Å². The molecule has 0 fully saturated rings. The van der Waals surface area contributed by atoms with Gasteiger partial charge in [-0.15, -0.1) is 0 Å². The van der Waals surface area contributed by atoms with Crippen LogP contribution < -0.4 is 4.74 Å². The van der Waals surface area contributed by atoms with E-state index < -0.39 is 5.97 Å². The maximum absolute atomic E-state index is 12.0. The van der Waals surface area contributed by atoms with E-state index in [0.717, 1.165) is 5.39 Å². The first-order chi connectivity index (χ1) is 9.63. The fourth-order valence-corrected chi connectivity index (χ4v) is 2.24. The lowest BCUT2D eigenvalue weighted by Gasteiger charge is -2.04. The number of furan rings is 1.